The molecule has 3 nitrogen and oxygen atoms in total. The highest BCUT2D eigenvalue weighted by atomic mass is 19.3. The highest BCUT2D eigenvalue weighted by Crippen LogP contribution is 2.22. The van der Waals surface area contributed by atoms with E-state index in [-0.39, 0.29) is 23.4 Å². The van der Waals surface area contributed by atoms with Gasteiger partial charge in [0.05, 0.1) is 5.60 Å². The summed E-state index contributed by atoms with van der Waals surface area (Å²) in [4.78, 5) is 0. The van der Waals surface area contributed by atoms with Gasteiger partial charge in [0.2, 0.25) is 0 Å². The first kappa shape index (κ1) is 17.9. The topological polar surface area (TPSA) is 30.5 Å². The Kier molecular flexibility index (Phi) is 6.55. The predicted octanol–water partition coefficient (Wildman–Crippen LogP) is 4.14. The van der Waals surface area contributed by atoms with Gasteiger partial charge in [-0.3, -0.25) is 0 Å². The van der Waals surface area contributed by atoms with Gasteiger partial charge >= 0.3 is 6.61 Å². The molecule has 0 aliphatic carbocycles. The highest BCUT2D eigenvalue weighted by Gasteiger charge is 2.21. The van der Waals surface area contributed by atoms with E-state index < -0.39 is 6.61 Å². The molecule has 2 atom stereocenters. The first-order valence-electron chi connectivity index (χ1n) is 7.09. The van der Waals surface area contributed by atoms with E-state index in [0.29, 0.717) is 0 Å². The molecular formula is C16H25F2NO2. The first-order chi connectivity index (χ1) is 9.73. The van der Waals surface area contributed by atoms with E-state index in [2.05, 4.69) is 17.0 Å². The van der Waals surface area contributed by atoms with Crippen LogP contribution < -0.4 is 10.1 Å². The molecule has 0 bridgehead atoms. The Bertz CT molecular complexity index is 438. The smallest absolute Gasteiger partial charge is 0.387 e. The van der Waals surface area contributed by atoms with Crippen molar-refractivity contribution in [3.05, 3.63) is 29.8 Å². The standard InChI is InChI=1S/C16H25F2NO2/c1-11(10-16(3,4)20-5)19-12(2)13-7-6-8-14(9-13)21-15(17)18/h6-9,11-12,15,19H,10H2,1-5H3. The molecule has 0 heterocycles. The van der Waals surface area contributed by atoms with E-state index in [1.165, 1.54) is 6.07 Å². The quantitative estimate of drug-likeness (QED) is 0.782. The van der Waals surface area contributed by atoms with Gasteiger partial charge in [0.1, 0.15) is 5.75 Å². The number of alkyl halides is 2. The third-order valence-corrected chi connectivity index (χ3v) is 3.47. The number of rotatable bonds is 8. The van der Waals surface area contributed by atoms with Gasteiger partial charge in [-0.2, -0.15) is 8.78 Å². The summed E-state index contributed by atoms with van der Waals surface area (Å²) in [5.41, 5.74) is 0.711. The third-order valence-electron chi connectivity index (χ3n) is 3.47. The molecule has 0 aromatic heterocycles. The Morgan fingerprint density at radius 1 is 1.24 bits per heavy atom. The molecule has 1 aromatic carbocycles. The SMILES string of the molecule is COC(C)(C)CC(C)NC(C)c1cccc(OC(F)F)c1. The van der Waals surface area contributed by atoms with Crippen LogP contribution >= 0.6 is 0 Å². The zero-order valence-corrected chi connectivity index (χ0v) is 13.3. The number of nitrogens with one attached hydrogen (secondary N) is 1. The molecule has 0 aliphatic rings. The molecular weight excluding hydrogens is 276 g/mol. The predicted molar refractivity (Wildman–Crippen MR) is 79.8 cm³/mol. The van der Waals surface area contributed by atoms with Gasteiger partial charge in [-0.05, 0) is 51.8 Å². The molecule has 1 N–H and O–H groups in total. The van der Waals surface area contributed by atoms with Crippen LogP contribution in [0.2, 0.25) is 0 Å². The number of methoxy groups -OCH3 is 1. The van der Waals surface area contributed by atoms with Crippen LogP contribution in [0, 0.1) is 0 Å². The van der Waals surface area contributed by atoms with E-state index in [0.717, 1.165) is 12.0 Å². The minimum atomic E-state index is -2.80. The van der Waals surface area contributed by atoms with Gasteiger partial charge in [0.25, 0.3) is 0 Å². The van der Waals surface area contributed by atoms with Crippen LogP contribution in [0.25, 0.3) is 0 Å². The van der Waals surface area contributed by atoms with Crippen LogP contribution in [0.4, 0.5) is 8.78 Å². The van der Waals surface area contributed by atoms with E-state index in [1.807, 2.05) is 26.8 Å². The molecule has 1 aromatic rings. The van der Waals surface area contributed by atoms with Crippen LogP contribution in [-0.4, -0.2) is 25.4 Å². The van der Waals surface area contributed by atoms with E-state index >= 15 is 0 Å². The maximum Gasteiger partial charge on any atom is 0.387 e. The maximum absolute atomic E-state index is 12.2. The summed E-state index contributed by atoms with van der Waals surface area (Å²) < 4.78 is 34.3. The van der Waals surface area contributed by atoms with Crippen LogP contribution in [0.15, 0.2) is 24.3 Å². The van der Waals surface area contributed by atoms with Gasteiger partial charge in [0.15, 0.2) is 0 Å². The monoisotopic (exact) mass is 301 g/mol. The van der Waals surface area contributed by atoms with Crippen LogP contribution in [0.3, 0.4) is 0 Å². The van der Waals surface area contributed by atoms with E-state index in [1.54, 1.807) is 19.2 Å². The molecule has 0 radical (unpaired) electrons. The van der Waals surface area contributed by atoms with Crippen molar-refractivity contribution in [1.29, 1.82) is 0 Å². The van der Waals surface area contributed by atoms with Crippen molar-refractivity contribution in [2.75, 3.05) is 7.11 Å². The average molecular weight is 301 g/mol. The first-order valence-corrected chi connectivity index (χ1v) is 7.09. The van der Waals surface area contributed by atoms with Gasteiger partial charge in [0, 0.05) is 19.2 Å². The fourth-order valence-corrected chi connectivity index (χ4v) is 2.36. The van der Waals surface area contributed by atoms with E-state index in [9.17, 15) is 8.78 Å². The minimum absolute atomic E-state index is 0.0360. The molecule has 1 rings (SSSR count). The lowest BCUT2D eigenvalue weighted by atomic mass is 9.98. The third kappa shape index (κ3) is 6.40. The number of halogens is 2. The zero-order chi connectivity index (χ0) is 16.0. The molecule has 120 valence electrons. The zero-order valence-electron chi connectivity index (χ0n) is 13.3. The van der Waals surface area contributed by atoms with Gasteiger partial charge < -0.3 is 14.8 Å². The second-order valence-corrected chi connectivity index (χ2v) is 5.91. The molecule has 0 fully saturated rings. The fourth-order valence-electron chi connectivity index (χ4n) is 2.36. The Hall–Kier alpha value is -1.20. The largest absolute Gasteiger partial charge is 0.435 e. The molecule has 21 heavy (non-hydrogen) atoms. The Morgan fingerprint density at radius 2 is 1.90 bits per heavy atom. The fraction of sp³-hybridized carbons (Fsp3) is 0.625. The summed E-state index contributed by atoms with van der Waals surface area (Å²) in [5, 5.41) is 3.44. The summed E-state index contributed by atoms with van der Waals surface area (Å²) in [6.45, 7) is 5.35. The second kappa shape index (κ2) is 7.71. The molecule has 0 saturated carbocycles. The number of benzene rings is 1. The Balaban J connectivity index is 2.64. The molecule has 5 heteroatoms. The van der Waals surface area contributed by atoms with Crippen molar-refractivity contribution in [3.63, 3.8) is 0 Å². The maximum atomic E-state index is 12.2. The summed E-state index contributed by atoms with van der Waals surface area (Å²) in [6, 6.07) is 7.04. The average Bonchev–Trinajstić information content (AvgIpc) is 2.37. The Morgan fingerprint density at radius 3 is 2.48 bits per heavy atom. The summed E-state index contributed by atoms with van der Waals surface area (Å²) in [6.07, 6.45) is 0.848. The number of hydrogen-bond acceptors (Lipinski definition) is 3. The van der Waals surface area contributed by atoms with Crippen molar-refractivity contribution in [3.8, 4) is 5.75 Å². The van der Waals surface area contributed by atoms with Gasteiger partial charge in [-0.15, -0.1) is 0 Å². The summed E-state index contributed by atoms with van der Waals surface area (Å²) in [7, 11) is 1.70. The molecule has 0 aliphatic heterocycles. The molecule has 0 saturated heterocycles. The van der Waals surface area contributed by atoms with Crippen LogP contribution in [-0.2, 0) is 4.74 Å². The second-order valence-electron chi connectivity index (χ2n) is 5.91. The van der Waals surface area contributed by atoms with Crippen LogP contribution in [0.5, 0.6) is 5.75 Å². The van der Waals surface area contributed by atoms with Crippen molar-refractivity contribution in [2.45, 2.75) is 58.4 Å². The molecule has 2 unspecified atom stereocenters. The van der Waals surface area contributed by atoms with Crippen molar-refractivity contribution < 1.29 is 18.3 Å². The van der Waals surface area contributed by atoms with Gasteiger partial charge in [-0.1, -0.05) is 12.1 Å². The van der Waals surface area contributed by atoms with Crippen molar-refractivity contribution in [1.82, 2.24) is 5.32 Å². The highest BCUT2D eigenvalue weighted by molar-refractivity contribution is 5.30. The molecule has 0 amide bonds. The number of ether oxygens (including phenoxy) is 2. The van der Waals surface area contributed by atoms with Crippen molar-refractivity contribution in [2.24, 2.45) is 0 Å². The normalized spacial score (nSPS) is 15.0. The van der Waals surface area contributed by atoms with Crippen molar-refractivity contribution >= 4 is 0 Å². The minimum Gasteiger partial charge on any atom is -0.435 e. The summed E-state index contributed by atoms with van der Waals surface area (Å²) >= 11 is 0. The molecule has 0 spiro atoms. The number of hydrogen-bond donors (Lipinski definition) is 1. The van der Waals surface area contributed by atoms with Gasteiger partial charge in [-0.25, -0.2) is 0 Å². The lowest BCUT2D eigenvalue weighted by molar-refractivity contribution is -0.0499. The van der Waals surface area contributed by atoms with Crippen LogP contribution in [0.1, 0.15) is 45.7 Å². The summed E-state index contributed by atoms with van der Waals surface area (Å²) in [5.74, 6) is 0.182. The lowest BCUT2D eigenvalue weighted by Gasteiger charge is -2.29. The Labute approximate surface area is 125 Å². The van der Waals surface area contributed by atoms with E-state index in [4.69, 9.17) is 4.74 Å². The lowest BCUT2D eigenvalue weighted by Crippen LogP contribution is -2.36.